The van der Waals surface area contributed by atoms with Gasteiger partial charge in [0.15, 0.2) is 5.82 Å². The van der Waals surface area contributed by atoms with Crippen molar-refractivity contribution >= 4 is 17.5 Å². The number of aromatic nitrogens is 3. The number of urea groups is 1. The van der Waals surface area contributed by atoms with Gasteiger partial charge in [-0.25, -0.2) is 14.8 Å². The van der Waals surface area contributed by atoms with Crippen LogP contribution >= 0.6 is 0 Å². The summed E-state index contributed by atoms with van der Waals surface area (Å²) in [7, 11) is 1.92. The van der Waals surface area contributed by atoms with Crippen molar-refractivity contribution in [2.24, 2.45) is 0 Å². The van der Waals surface area contributed by atoms with Crippen molar-refractivity contribution in [2.75, 3.05) is 36.5 Å². The maximum Gasteiger partial charge on any atom is 0.416 e. The predicted molar refractivity (Wildman–Crippen MR) is 125 cm³/mol. The molecule has 1 aromatic carbocycles. The molecular formula is C24H27F3N6O. The Morgan fingerprint density at radius 2 is 2.00 bits per heavy atom. The highest BCUT2D eigenvalue weighted by Gasteiger charge is 2.31. The molecule has 1 aliphatic rings. The Bertz CT molecular complexity index is 1120. The predicted octanol–water partition coefficient (Wildman–Crippen LogP) is 4.80. The van der Waals surface area contributed by atoms with Crippen LogP contribution in [0.5, 0.6) is 0 Å². The van der Waals surface area contributed by atoms with Gasteiger partial charge < -0.3 is 14.8 Å². The zero-order valence-corrected chi connectivity index (χ0v) is 18.9. The molecule has 2 aromatic heterocycles. The molecule has 10 heteroatoms. The maximum absolute atomic E-state index is 13.2. The first kappa shape index (κ1) is 23.6. The van der Waals surface area contributed by atoms with E-state index in [9.17, 15) is 18.0 Å². The normalized spacial score (nSPS) is 14.0. The third-order valence-electron chi connectivity index (χ3n) is 5.81. The Kier molecular flexibility index (Phi) is 7.04. The van der Waals surface area contributed by atoms with E-state index in [4.69, 9.17) is 0 Å². The second-order valence-electron chi connectivity index (χ2n) is 8.28. The molecule has 4 rings (SSSR count). The van der Waals surface area contributed by atoms with Crippen molar-refractivity contribution in [3.63, 3.8) is 0 Å². The number of halogens is 3. The first-order chi connectivity index (χ1) is 16.3. The second kappa shape index (κ2) is 10.1. The molecule has 0 bridgehead atoms. The molecule has 1 N–H and O–H groups in total. The van der Waals surface area contributed by atoms with Crippen molar-refractivity contribution in [3.8, 4) is 11.3 Å². The smallest absolute Gasteiger partial charge is 0.372 e. The number of unbranched alkanes of at least 4 members (excludes halogenated alkanes) is 1. The van der Waals surface area contributed by atoms with Gasteiger partial charge in [0.1, 0.15) is 0 Å². The minimum Gasteiger partial charge on any atom is -0.372 e. The van der Waals surface area contributed by atoms with Crippen LogP contribution in [0.3, 0.4) is 0 Å². The summed E-state index contributed by atoms with van der Waals surface area (Å²) >= 11 is 0. The van der Waals surface area contributed by atoms with Gasteiger partial charge in [0.25, 0.3) is 0 Å². The summed E-state index contributed by atoms with van der Waals surface area (Å²) in [4.78, 5) is 25.3. The highest BCUT2D eigenvalue weighted by Crippen LogP contribution is 2.35. The number of anilines is 2. The number of alkyl halides is 3. The first-order valence-electron chi connectivity index (χ1n) is 11.2. The summed E-state index contributed by atoms with van der Waals surface area (Å²) in [6.07, 6.45) is 3.41. The van der Waals surface area contributed by atoms with E-state index in [0.717, 1.165) is 50.2 Å². The van der Waals surface area contributed by atoms with Gasteiger partial charge in [-0.2, -0.15) is 13.2 Å². The number of nitrogens with one attached hydrogen (secondary N) is 1. The number of nitrogens with zero attached hydrogens (tertiary/aromatic N) is 5. The lowest BCUT2D eigenvalue weighted by molar-refractivity contribution is -0.137. The van der Waals surface area contributed by atoms with Crippen molar-refractivity contribution in [3.05, 3.63) is 60.7 Å². The van der Waals surface area contributed by atoms with E-state index in [2.05, 4.69) is 15.3 Å². The summed E-state index contributed by atoms with van der Waals surface area (Å²) in [6.45, 7) is 2.56. The van der Waals surface area contributed by atoms with Crippen LogP contribution in [0.2, 0.25) is 0 Å². The summed E-state index contributed by atoms with van der Waals surface area (Å²) < 4.78 is 41.6. The minimum absolute atomic E-state index is 0.257. The van der Waals surface area contributed by atoms with Crippen molar-refractivity contribution < 1.29 is 18.0 Å². The molecule has 0 saturated heterocycles. The summed E-state index contributed by atoms with van der Waals surface area (Å²) in [5.74, 6) is 0.450. The number of hydrogen-bond acceptors (Lipinski definition) is 4. The number of rotatable bonds is 6. The zero-order valence-electron chi connectivity index (χ0n) is 18.9. The molecule has 34 heavy (non-hydrogen) atoms. The number of imidazole rings is 1. The van der Waals surface area contributed by atoms with Crippen molar-refractivity contribution in [1.29, 1.82) is 0 Å². The lowest BCUT2D eigenvalue weighted by Crippen LogP contribution is -2.41. The van der Waals surface area contributed by atoms with Crippen molar-refractivity contribution in [2.45, 2.75) is 32.0 Å². The Hall–Kier alpha value is -3.56. The van der Waals surface area contributed by atoms with Gasteiger partial charge in [-0.15, -0.1) is 0 Å². The number of amides is 2. The first-order valence-corrected chi connectivity index (χ1v) is 11.2. The molecule has 0 saturated carbocycles. The fourth-order valence-electron chi connectivity index (χ4n) is 3.97. The van der Waals surface area contributed by atoms with Crippen LogP contribution in [0.15, 0.2) is 55.1 Å². The average molecular weight is 473 g/mol. The molecule has 0 aliphatic carbocycles. The zero-order chi connectivity index (χ0) is 24.1. The number of benzene rings is 1. The molecule has 1 aliphatic heterocycles. The SMILES string of the molecule is CN1CCCN(C(=O)NCCCCn2ccnc2)c2nc(-c3cccc(C(F)(F)F)c3)ccc21. The van der Waals surface area contributed by atoms with Crippen LogP contribution in [0.25, 0.3) is 11.3 Å². The van der Waals surface area contributed by atoms with Gasteiger partial charge in [0.2, 0.25) is 0 Å². The Morgan fingerprint density at radius 1 is 1.15 bits per heavy atom. The quantitative estimate of drug-likeness (QED) is 0.524. The molecule has 180 valence electrons. The van der Waals surface area contributed by atoms with Crippen LogP contribution in [0, 0.1) is 0 Å². The standard InChI is InChI=1S/C24H27F3N6O/c1-31-12-5-14-33(23(34)29-10-2-3-13-32-15-11-28-17-32)22-21(31)9-8-20(30-22)18-6-4-7-19(16-18)24(25,26)27/h4,6-9,11,15-17H,2-3,5,10,12-14H2,1H3,(H,29,34). The topological polar surface area (TPSA) is 66.3 Å². The van der Waals surface area contributed by atoms with E-state index in [1.165, 1.54) is 6.07 Å². The number of carbonyl (C=O) groups excluding carboxylic acids is 1. The molecule has 0 atom stereocenters. The van der Waals surface area contributed by atoms with E-state index in [1.54, 1.807) is 29.6 Å². The molecule has 0 fully saturated rings. The molecular weight excluding hydrogens is 445 g/mol. The Balaban J connectivity index is 1.50. The number of pyridine rings is 1. The monoisotopic (exact) mass is 472 g/mol. The Morgan fingerprint density at radius 3 is 2.76 bits per heavy atom. The number of hydrogen-bond donors (Lipinski definition) is 1. The molecule has 2 amide bonds. The third-order valence-corrected chi connectivity index (χ3v) is 5.81. The van der Waals surface area contributed by atoms with Gasteiger partial charge in [0.05, 0.1) is 23.3 Å². The summed E-state index contributed by atoms with van der Waals surface area (Å²) in [6, 6.07) is 8.33. The lowest BCUT2D eigenvalue weighted by Gasteiger charge is -2.24. The van der Waals surface area contributed by atoms with E-state index >= 15 is 0 Å². The molecule has 7 nitrogen and oxygen atoms in total. The van der Waals surface area contributed by atoms with E-state index in [0.29, 0.717) is 30.2 Å². The van der Waals surface area contributed by atoms with Gasteiger partial charge in [-0.05, 0) is 43.5 Å². The van der Waals surface area contributed by atoms with Gasteiger partial charge in [-0.1, -0.05) is 12.1 Å². The van der Waals surface area contributed by atoms with Crippen molar-refractivity contribution in [1.82, 2.24) is 19.9 Å². The molecule has 0 radical (unpaired) electrons. The minimum atomic E-state index is -4.44. The Labute approximate surface area is 196 Å². The largest absolute Gasteiger partial charge is 0.416 e. The summed E-state index contributed by atoms with van der Waals surface area (Å²) in [5, 5.41) is 2.96. The second-order valence-corrected chi connectivity index (χ2v) is 8.28. The summed E-state index contributed by atoms with van der Waals surface area (Å²) in [5.41, 5.74) is 0.773. The number of carbonyl (C=O) groups is 1. The molecule has 3 aromatic rings. The maximum atomic E-state index is 13.2. The molecule has 3 heterocycles. The van der Waals surface area contributed by atoms with Crippen LogP contribution in [0.4, 0.5) is 29.5 Å². The highest BCUT2D eigenvalue weighted by atomic mass is 19.4. The van der Waals surface area contributed by atoms with E-state index in [-0.39, 0.29) is 6.03 Å². The van der Waals surface area contributed by atoms with E-state index in [1.807, 2.05) is 28.8 Å². The third kappa shape index (κ3) is 5.49. The number of fused-ring (bicyclic) bond motifs is 1. The van der Waals surface area contributed by atoms with Gasteiger partial charge in [0, 0.05) is 51.2 Å². The van der Waals surface area contributed by atoms with Crippen LogP contribution in [0.1, 0.15) is 24.8 Å². The fraction of sp³-hybridized carbons (Fsp3) is 0.375. The molecule has 0 spiro atoms. The lowest BCUT2D eigenvalue weighted by atomic mass is 10.1. The molecule has 0 unspecified atom stereocenters. The fourth-order valence-corrected chi connectivity index (χ4v) is 3.97. The van der Waals surface area contributed by atoms with Gasteiger partial charge in [-0.3, -0.25) is 4.90 Å². The van der Waals surface area contributed by atoms with Crippen LogP contribution < -0.4 is 15.1 Å². The average Bonchev–Trinajstić information content (AvgIpc) is 3.28. The highest BCUT2D eigenvalue weighted by molar-refractivity contribution is 5.95. The number of aryl methyl sites for hydroxylation is 1. The van der Waals surface area contributed by atoms with Crippen LogP contribution in [-0.2, 0) is 12.7 Å². The van der Waals surface area contributed by atoms with Crippen LogP contribution in [-0.4, -0.2) is 47.2 Å². The van der Waals surface area contributed by atoms with Gasteiger partial charge >= 0.3 is 12.2 Å². The van der Waals surface area contributed by atoms with E-state index < -0.39 is 11.7 Å².